The second kappa shape index (κ2) is 7.64. The van der Waals surface area contributed by atoms with Crippen molar-refractivity contribution in [1.82, 2.24) is 9.97 Å². The van der Waals surface area contributed by atoms with Gasteiger partial charge in [0.2, 0.25) is 5.28 Å². The smallest absolute Gasteiger partial charge is 0.224 e. The number of aryl methyl sites for hydroxylation is 1. The minimum Gasteiger partial charge on any atom is -0.383 e. The molecule has 1 N–H and O–H groups in total. The number of aromatic nitrogens is 2. The number of anilines is 1. The third-order valence-electron chi connectivity index (χ3n) is 2.03. The summed E-state index contributed by atoms with van der Waals surface area (Å²) < 4.78 is 4.96. The largest absolute Gasteiger partial charge is 0.383 e. The monoisotopic (exact) mass is 266 g/mol. The van der Waals surface area contributed by atoms with E-state index in [2.05, 4.69) is 32.1 Å². The number of aliphatic imine (C=N–C) groups is 1. The lowest BCUT2D eigenvalue weighted by atomic mass is 10.3. The van der Waals surface area contributed by atoms with Gasteiger partial charge in [0.25, 0.3) is 0 Å². The molecule has 18 heavy (non-hydrogen) atoms. The minimum absolute atomic E-state index is 0.188. The minimum atomic E-state index is 0.188. The molecular formula is C12H15ClN4O. The second-order valence-corrected chi connectivity index (χ2v) is 3.69. The van der Waals surface area contributed by atoms with Crippen LogP contribution in [-0.2, 0) is 4.74 Å². The summed E-state index contributed by atoms with van der Waals surface area (Å²) in [5.41, 5.74) is 1.34. The molecule has 0 amide bonds. The number of halogens is 1. The molecule has 1 rings (SSSR count). The highest BCUT2D eigenvalue weighted by Gasteiger charge is 2.09. The summed E-state index contributed by atoms with van der Waals surface area (Å²) in [7, 11) is 1.63. The van der Waals surface area contributed by atoms with E-state index in [4.69, 9.17) is 16.3 Å². The lowest BCUT2D eigenvalue weighted by molar-refractivity contribution is 0.210. The molecule has 0 unspecified atom stereocenters. The predicted molar refractivity (Wildman–Crippen MR) is 73.7 cm³/mol. The quantitative estimate of drug-likeness (QED) is 0.384. The lowest BCUT2D eigenvalue weighted by Crippen LogP contribution is -2.10. The maximum atomic E-state index is 5.82. The van der Waals surface area contributed by atoms with Crippen LogP contribution in [0, 0.1) is 18.8 Å². The van der Waals surface area contributed by atoms with Crippen molar-refractivity contribution in [3.63, 3.8) is 0 Å². The van der Waals surface area contributed by atoms with Gasteiger partial charge in [0.1, 0.15) is 5.69 Å². The molecule has 0 radical (unpaired) electrons. The molecule has 0 aliphatic heterocycles. The van der Waals surface area contributed by atoms with Gasteiger partial charge in [0.15, 0.2) is 5.82 Å². The molecular weight excluding hydrogens is 252 g/mol. The highest BCUT2D eigenvalue weighted by Crippen LogP contribution is 2.26. The van der Waals surface area contributed by atoms with Gasteiger partial charge in [0, 0.05) is 13.7 Å². The molecule has 0 fully saturated rings. The van der Waals surface area contributed by atoms with E-state index in [1.165, 1.54) is 6.21 Å². The summed E-state index contributed by atoms with van der Waals surface area (Å²) in [6.07, 6.45) is 1.51. The van der Waals surface area contributed by atoms with Crippen molar-refractivity contribution in [2.24, 2.45) is 4.99 Å². The van der Waals surface area contributed by atoms with E-state index < -0.39 is 0 Å². The fraction of sp³-hybridized carbons (Fsp3) is 0.417. The van der Waals surface area contributed by atoms with Crippen LogP contribution < -0.4 is 5.32 Å². The average molecular weight is 267 g/mol. The zero-order chi connectivity index (χ0) is 13.4. The van der Waals surface area contributed by atoms with E-state index in [0.29, 0.717) is 30.4 Å². The van der Waals surface area contributed by atoms with Crippen molar-refractivity contribution in [2.75, 3.05) is 25.6 Å². The first kappa shape index (κ1) is 14.4. The number of methoxy groups -OCH3 is 1. The van der Waals surface area contributed by atoms with Gasteiger partial charge in [-0.25, -0.2) is 9.98 Å². The Kier molecular flexibility index (Phi) is 6.12. The highest BCUT2D eigenvalue weighted by atomic mass is 35.5. The van der Waals surface area contributed by atoms with E-state index in [-0.39, 0.29) is 5.28 Å². The van der Waals surface area contributed by atoms with Crippen molar-refractivity contribution >= 4 is 29.3 Å². The fourth-order valence-corrected chi connectivity index (χ4v) is 1.45. The Morgan fingerprint density at radius 3 is 2.94 bits per heavy atom. The number of nitrogens with one attached hydrogen (secondary N) is 1. The first-order valence-electron chi connectivity index (χ1n) is 5.40. The maximum Gasteiger partial charge on any atom is 0.224 e. The zero-order valence-electron chi connectivity index (χ0n) is 10.6. The van der Waals surface area contributed by atoms with Crippen molar-refractivity contribution < 1.29 is 4.74 Å². The van der Waals surface area contributed by atoms with Crippen molar-refractivity contribution in [3.8, 4) is 11.8 Å². The molecule has 0 saturated heterocycles. The number of hydrogen-bond acceptors (Lipinski definition) is 5. The van der Waals surface area contributed by atoms with Crippen molar-refractivity contribution in [3.05, 3.63) is 11.0 Å². The molecule has 1 aromatic rings. The summed E-state index contributed by atoms with van der Waals surface area (Å²) in [6.45, 7) is 4.75. The molecule has 0 bridgehead atoms. The first-order valence-corrected chi connectivity index (χ1v) is 5.78. The summed E-state index contributed by atoms with van der Waals surface area (Å²) in [4.78, 5) is 12.4. The summed E-state index contributed by atoms with van der Waals surface area (Å²) in [6, 6.07) is 0. The topological polar surface area (TPSA) is 59.4 Å². The molecule has 0 saturated carbocycles. The van der Waals surface area contributed by atoms with Gasteiger partial charge in [-0.1, -0.05) is 5.92 Å². The Balaban J connectivity index is 2.99. The van der Waals surface area contributed by atoms with Crippen LogP contribution in [0.3, 0.4) is 0 Å². The zero-order valence-corrected chi connectivity index (χ0v) is 11.4. The third kappa shape index (κ3) is 4.32. The molecule has 96 valence electrons. The lowest BCUT2D eigenvalue weighted by Gasteiger charge is -2.09. The second-order valence-electron chi connectivity index (χ2n) is 3.35. The van der Waals surface area contributed by atoms with Crippen molar-refractivity contribution in [2.45, 2.75) is 13.8 Å². The van der Waals surface area contributed by atoms with E-state index >= 15 is 0 Å². The van der Waals surface area contributed by atoms with Crippen LogP contribution in [0.1, 0.15) is 12.6 Å². The Morgan fingerprint density at radius 1 is 1.50 bits per heavy atom. The van der Waals surface area contributed by atoms with E-state index in [9.17, 15) is 0 Å². The van der Waals surface area contributed by atoms with Crippen LogP contribution in [0.5, 0.6) is 0 Å². The SMILES string of the molecule is CC#CC=Nc1c(C)nc(Cl)nc1NCCOC. The van der Waals surface area contributed by atoms with Gasteiger partial charge < -0.3 is 10.1 Å². The Morgan fingerprint density at radius 2 is 2.28 bits per heavy atom. The number of rotatable bonds is 5. The molecule has 1 heterocycles. The number of nitrogens with zero attached hydrogens (tertiary/aromatic N) is 3. The van der Waals surface area contributed by atoms with Gasteiger partial charge in [-0.05, 0) is 25.4 Å². The predicted octanol–water partition coefficient (Wildman–Crippen LogP) is 2.22. The fourth-order valence-electron chi connectivity index (χ4n) is 1.24. The molecule has 6 heteroatoms. The standard InChI is InChI=1S/C12H15ClN4O/c1-4-5-6-14-10-9(2)16-12(13)17-11(10)15-7-8-18-3/h6H,7-8H2,1-3H3,(H,15,16,17). The maximum absolute atomic E-state index is 5.82. The van der Waals surface area contributed by atoms with Crippen LogP contribution in [0.4, 0.5) is 11.5 Å². The molecule has 0 aromatic carbocycles. The van der Waals surface area contributed by atoms with E-state index in [1.54, 1.807) is 14.0 Å². The van der Waals surface area contributed by atoms with Crippen LogP contribution in [0.25, 0.3) is 0 Å². The Hall–Kier alpha value is -1.64. The van der Waals surface area contributed by atoms with E-state index in [1.807, 2.05) is 6.92 Å². The first-order chi connectivity index (χ1) is 8.69. The molecule has 0 atom stereocenters. The van der Waals surface area contributed by atoms with Gasteiger partial charge in [-0.15, -0.1) is 5.92 Å². The van der Waals surface area contributed by atoms with E-state index in [0.717, 1.165) is 0 Å². The number of ether oxygens (including phenoxy) is 1. The Bertz CT molecular complexity index is 491. The summed E-state index contributed by atoms with van der Waals surface area (Å²) in [5.74, 6) is 6.07. The normalized spacial score (nSPS) is 10.2. The molecule has 5 nitrogen and oxygen atoms in total. The van der Waals surface area contributed by atoms with Crippen molar-refractivity contribution in [1.29, 1.82) is 0 Å². The average Bonchev–Trinajstić information content (AvgIpc) is 2.32. The van der Waals surface area contributed by atoms with Gasteiger partial charge >= 0.3 is 0 Å². The highest BCUT2D eigenvalue weighted by molar-refractivity contribution is 6.28. The summed E-state index contributed by atoms with van der Waals surface area (Å²) in [5, 5.41) is 3.29. The molecule has 0 aliphatic rings. The van der Waals surface area contributed by atoms with Gasteiger partial charge in [-0.2, -0.15) is 4.98 Å². The van der Waals surface area contributed by atoms with Gasteiger partial charge in [0.05, 0.1) is 18.5 Å². The van der Waals surface area contributed by atoms with Gasteiger partial charge in [-0.3, -0.25) is 0 Å². The Labute approximate surface area is 112 Å². The molecule has 0 spiro atoms. The van der Waals surface area contributed by atoms with Crippen LogP contribution >= 0.6 is 11.6 Å². The molecule has 0 aliphatic carbocycles. The number of hydrogen-bond donors (Lipinski definition) is 1. The molecule has 1 aromatic heterocycles. The van der Waals surface area contributed by atoms with Crippen LogP contribution in [-0.4, -0.2) is 36.4 Å². The van der Waals surface area contributed by atoms with Crippen LogP contribution in [0.2, 0.25) is 5.28 Å². The third-order valence-corrected chi connectivity index (χ3v) is 2.20. The summed E-state index contributed by atoms with van der Waals surface area (Å²) >= 11 is 5.82. The van der Waals surface area contributed by atoms with Crippen LogP contribution in [0.15, 0.2) is 4.99 Å².